The van der Waals surface area contributed by atoms with Gasteiger partial charge in [-0.1, -0.05) is 66.7 Å². The summed E-state index contributed by atoms with van der Waals surface area (Å²) in [5.74, 6) is -2.00. The lowest BCUT2D eigenvalue weighted by atomic mass is 9.89. The molecule has 0 saturated heterocycles. The van der Waals surface area contributed by atoms with Crippen molar-refractivity contribution < 1.29 is 14.7 Å². The number of carboxylic acids is 1. The van der Waals surface area contributed by atoms with Gasteiger partial charge in [-0.3, -0.25) is 9.78 Å². The number of carbonyl (C=O) groups excluding carboxylic acids is 1. The van der Waals surface area contributed by atoms with Gasteiger partial charge in [0.1, 0.15) is 6.04 Å². The number of carboxylic acid groups (broad SMARTS) is 1. The molecule has 1 atom stereocenters. The van der Waals surface area contributed by atoms with Gasteiger partial charge < -0.3 is 10.4 Å². The summed E-state index contributed by atoms with van der Waals surface area (Å²) in [7, 11) is 0. The Bertz CT molecular complexity index is 1250. The number of pyridine rings is 1. The predicted octanol–water partition coefficient (Wildman–Crippen LogP) is 4.23. The first-order valence-corrected chi connectivity index (χ1v) is 9.70. The van der Waals surface area contributed by atoms with E-state index in [1.54, 1.807) is 6.07 Å². The number of aliphatic carboxylic acids is 1. The van der Waals surface area contributed by atoms with Gasteiger partial charge in [-0.15, -0.1) is 0 Å². The van der Waals surface area contributed by atoms with Crippen molar-refractivity contribution in [3.63, 3.8) is 0 Å². The summed E-state index contributed by atoms with van der Waals surface area (Å²) in [5.41, 5.74) is 4.94. The molecule has 0 saturated carbocycles. The highest BCUT2D eigenvalue weighted by molar-refractivity contribution is 5.99. The van der Waals surface area contributed by atoms with Crippen molar-refractivity contribution in [2.75, 3.05) is 0 Å². The monoisotopic (exact) mass is 394 g/mol. The fourth-order valence-corrected chi connectivity index (χ4v) is 4.26. The zero-order valence-corrected chi connectivity index (χ0v) is 15.9. The molecule has 5 nitrogen and oxygen atoms in total. The van der Waals surface area contributed by atoms with E-state index in [0.29, 0.717) is 5.56 Å². The number of carbonyl (C=O) groups is 2. The zero-order valence-electron chi connectivity index (χ0n) is 15.9. The van der Waals surface area contributed by atoms with Crippen LogP contribution in [0.5, 0.6) is 0 Å². The molecule has 5 rings (SSSR count). The zero-order chi connectivity index (χ0) is 20.7. The van der Waals surface area contributed by atoms with Crippen LogP contribution in [0.4, 0.5) is 0 Å². The molecule has 0 fully saturated rings. The predicted molar refractivity (Wildman–Crippen MR) is 114 cm³/mol. The van der Waals surface area contributed by atoms with Crippen molar-refractivity contribution in [3.05, 3.63) is 102 Å². The third kappa shape index (κ3) is 2.92. The van der Waals surface area contributed by atoms with Crippen LogP contribution in [0.15, 0.2) is 85.1 Å². The molecule has 3 aromatic carbocycles. The van der Waals surface area contributed by atoms with Gasteiger partial charge in [-0.25, -0.2) is 4.79 Å². The fraction of sp³-hybridized carbons (Fsp3) is 0.0800. The van der Waals surface area contributed by atoms with E-state index in [0.717, 1.165) is 33.2 Å². The molecule has 146 valence electrons. The maximum Gasteiger partial charge on any atom is 0.327 e. The number of hydrogen-bond donors (Lipinski definition) is 2. The van der Waals surface area contributed by atoms with Gasteiger partial charge >= 0.3 is 5.97 Å². The average molecular weight is 394 g/mol. The molecule has 5 heteroatoms. The van der Waals surface area contributed by atoms with E-state index in [9.17, 15) is 14.7 Å². The lowest BCUT2D eigenvalue weighted by Gasteiger charge is -2.23. The molecule has 0 aliphatic heterocycles. The van der Waals surface area contributed by atoms with Crippen molar-refractivity contribution in [2.24, 2.45) is 0 Å². The molecule has 1 aromatic heterocycles. The Hall–Kier alpha value is -3.99. The second-order valence-electron chi connectivity index (χ2n) is 7.36. The Balaban J connectivity index is 1.53. The normalized spacial score (nSPS) is 13.5. The highest BCUT2D eigenvalue weighted by Gasteiger charge is 2.39. The van der Waals surface area contributed by atoms with Gasteiger partial charge in [0, 0.05) is 17.5 Å². The second kappa shape index (κ2) is 7.12. The minimum absolute atomic E-state index is 0.333. The molecule has 0 bridgehead atoms. The van der Waals surface area contributed by atoms with Crippen molar-refractivity contribution in [1.29, 1.82) is 0 Å². The van der Waals surface area contributed by atoms with Gasteiger partial charge in [-0.2, -0.15) is 0 Å². The van der Waals surface area contributed by atoms with Crippen LogP contribution in [0, 0.1) is 0 Å². The molecule has 4 aromatic rings. The molecular weight excluding hydrogens is 376 g/mol. The number of benzene rings is 3. The van der Waals surface area contributed by atoms with Crippen LogP contribution in [0.3, 0.4) is 0 Å². The number of aromatic nitrogens is 1. The summed E-state index contributed by atoms with van der Waals surface area (Å²) in [5, 5.41) is 13.6. The van der Waals surface area contributed by atoms with Crippen LogP contribution < -0.4 is 5.32 Å². The second-order valence-corrected chi connectivity index (χ2v) is 7.36. The summed E-state index contributed by atoms with van der Waals surface area (Å²) < 4.78 is 0. The van der Waals surface area contributed by atoms with Gasteiger partial charge in [0.2, 0.25) is 0 Å². The smallest absolute Gasteiger partial charge is 0.327 e. The minimum Gasteiger partial charge on any atom is -0.480 e. The van der Waals surface area contributed by atoms with Crippen LogP contribution in [0.25, 0.3) is 22.0 Å². The summed E-state index contributed by atoms with van der Waals surface area (Å²) in [6, 6.07) is 23.6. The molecule has 0 unspecified atom stereocenters. The average Bonchev–Trinajstić information content (AvgIpc) is 3.11. The van der Waals surface area contributed by atoms with Gasteiger partial charge in [0.15, 0.2) is 0 Å². The molecule has 1 aliphatic rings. The van der Waals surface area contributed by atoms with Gasteiger partial charge in [0.05, 0.1) is 11.1 Å². The summed E-state index contributed by atoms with van der Waals surface area (Å²) in [4.78, 5) is 29.5. The third-order valence-electron chi connectivity index (χ3n) is 5.62. The lowest BCUT2D eigenvalue weighted by Crippen LogP contribution is -2.45. The molecular formula is C25H18N2O3. The molecule has 1 amide bonds. The first kappa shape index (κ1) is 18.1. The Labute approximate surface area is 173 Å². The summed E-state index contributed by atoms with van der Waals surface area (Å²) in [6.07, 6.45) is 1.48. The van der Waals surface area contributed by atoms with E-state index >= 15 is 0 Å². The Morgan fingerprint density at radius 3 is 2.13 bits per heavy atom. The summed E-state index contributed by atoms with van der Waals surface area (Å²) >= 11 is 0. The number of hydrogen-bond acceptors (Lipinski definition) is 3. The molecule has 0 spiro atoms. The number of nitrogens with zero attached hydrogens (tertiary/aromatic N) is 1. The highest BCUT2D eigenvalue weighted by atomic mass is 16.4. The maximum absolute atomic E-state index is 13.0. The van der Waals surface area contributed by atoms with Crippen LogP contribution in [-0.4, -0.2) is 28.0 Å². The molecule has 1 aliphatic carbocycles. The Morgan fingerprint density at radius 1 is 0.867 bits per heavy atom. The van der Waals surface area contributed by atoms with Crippen molar-refractivity contribution in [1.82, 2.24) is 10.3 Å². The fourth-order valence-electron chi connectivity index (χ4n) is 4.26. The number of rotatable bonds is 4. The van der Waals surface area contributed by atoms with Crippen molar-refractivity contribution in [3.8, 4) is 11.1 Å². The topological polar surface area (TPSA) is 79.3 Å². The Kier molecular flexibility index (Phi) is 4.29. The van der Waals surface area contributed by atoms with E-state index in [1.807, 2.05) is 72.8 Å². The lowest BCUT2D eigenvalue weighted by molar-refractivity contribution is -0.139. The largest absolute Gasteiger partial charge is 0.480 e. The molecule has 1 heterocycles. The third-order valence-corrected chi connectivity index (χ3v) is 5.62. The maximum atomic E-state index is 13.0. The van der Waals surface area contributed by atoms with Gasteiger partial charge in [-0.05, 0) is 34.4 Å². The van der Waals surface area contributed by atoms with E-state index in [-0.39, 0.29) is 0 Å². The first-order valence-electron chi connectivity index (χ1n) is 9.70. The molecule has 0 radical (unpaired) electrons. The highest BCUT2D eigenvalue weighted by Crippen LogP contribution is 2.46. The van der Waals surface area contributed by atoms with Crippen LogP contribution in [0.1, 0.15) is 27.4 Å². The number of amides is 1. The minimum atomic E-state index is -1.10. The quantitative estimate of drug-likeness (QED) is 0.543. The van der Waals surface area contributed by atoms with Crippen LogP contribution in [0.2, 0.25) is 0 Å². The number of para-hydroxylation sites is 1. The number of nitrogens with one attached hydrogen (secondary N) is 1. The van der Waals surface area contributed by atoms with Crippen LogP contribution >= 0.6 is 0 Å². The first-order chi connectivity index (χ1) is 14.6. The van der Waals surface area contributed by atoms with Crippen molar-refractivity contribution in [2.45, 2.75) is 12.0 Å². The van der Waals surface area contributed by atoms with Crippen LogP contribution in [-0.2, 0) is 4.79 Å². The molecule has 30 heavy (non-hydrogen) atoms. The number of fused-ring (bicyclic) bond motifs is 4. The van der Waals surface area contributed by atoms with Gasteiger partial charge in [0.25, 0.3) is 5.91 Å². The standard InChI is InChI=1S/C25H18N2O3/c28-24(16-13-15-7-1-6-12-21(15)26-14-16)27-23(25(29)30)22-19-10-4-2-8-17(19)18-9-3-5-11-20(18)22/h1-14,22-23H,(H,27,28)(H,29,30)/t23-/m0/s1. The Morgan fingerprint density at radius 2 is 1.47 bits per heavy atom. The summed E-state index contributed by atoms with van der Waals surface area (Å²) in [6.45, 7) is 0. The van der Waals surface area contributed by atoms with E-state index in [4.69, 9.17) is 0 Å². The van der Waals surface area contributed by atoms with E-state index < -0.39 is 23.8 Å². The molecule has 2 N–H and O–H groups in total. The van der Waals surface area contributed by atoms with Crippen molar-refractivity contribution >= 4 is 22.8 Å². The van der Waals surface area contributed by atoms with E-state index in [2.05, 4.69) is 10.3 Å². The SMILES string of the molecule is O=C(N[C@H](C(=O)O)C1c2ccccc2-c2ccccc21)c1cnc2ccccc2c1. The van der Waals surface area contributed by atoms with E-state index in [1.165, 1.54) is 6.20 Å².